The van der Waals surface area contributed by atoms with Gasteiger partial charge in [0.25, 0.3) is 0 Å². The maximum atomic E-state index is 12.6. The number of alkyl halides is 3. The number of guanidine groups is 1. The van der Waals surface area contributed by atoms with Crippen LogP contribution in [0.4, 0.5) is 13.2 Å². The van der Waals surface area contributed by atoms with E-state index in [1.807, 2.05) is 6.92 Å². The third kappa shape index (κ3) is 6.75. The molecule has 6 nitrogen and oxygen atoms in total. The van der Waals surface area contributed by atoms with Crippen LogP contribution in [0.25, 0.3) is 0 Å². The van der Waals surface area contributed by atoms with Crippen LogP contribution in [0.2, 0.25) is 0 Å². The molecule has 2 rings (SSSR count). The zero-order valence-electron chi connectivity index (χ0n) is 16.0. The SMILES string of the molecule is CCNC(=NCc1ccc(S(=O)(=O)NC)cc1)NCc1ccc(C(F)(F)F)cc1. The summed E-state index contributed by atoms with van der Waals surface area (Å²) in [5.74, 6) is 0.499. The number of aliphatic imine (C=N–C) groups is 1. The van der Waals surface area contributed by atoms with E-state index in [9.17, 15) is 21.6 Å². The van der Waals surface area contributed by atoms with Crippen LogP contribution >= 0.6 is 0 Å². The predicted molar refractivity (Wildman–Crippen MR) is 106 cm³/mol. The zero-order chi connectivity index (χ0) is 21.5. The van der Waals surface area contributed by atoms with E-state index in [2.05, 4.69) is 20.3 Å². The van der Waals surface area contributed by atoms with Crippen LogP contribution in [0.1, 0.15) is 23.6 Å². The second-order valence-electron chi connectivity index (χ2n) is 6.09. The van der Waals surface area contributed by atoms with Crippen molar-refractivity contribution in [2.75, 3.05) is 13.6 Å². The molecule has 0 saturated heterocycles. The summed E-state index contributed by atoms with van der Waals surface area (Å²) in [6.07, 6.45) is -4.36. The first kappa shape index (κ1) is 22.7. The molecule has 2 aromatic carbocycles. The van der Waals surface area contributed by atoms with E-state index in [0.29, 0.717) is 31.2 Å². The molecular weight excluding hydrogens is 405 g/mol. The first-order valence-corrected chi connectivity index (χ1v) is 10.3. The van der Waals surface area contributed by atoms with Crippen molar-refractivity contribution in [1.82, 2.24) is 15.4 Å². The van der Waals surface area contributed by atoms with Crippen LogP contribution in [0.3, 0.4) is 0 Å². The van der Waals surface area contributed by atoms with Gasteiger partial charge in [-0.25, -0.2) is 18.1 Å². The van der Waals surface area contributed by atoms with Crippen LogP contribution < -0.4 is 15.4 Å². The predicted octanol–water partition coefficient (Wildman–Crippen LogP) is 2.87. The molecule has 2 aromatic rings. The Labute approximate surface area is 168 Å². The molecule has 0 unspecified atom stereocenters. The Kier molecular flexibility index (Phi) is 7.63. The second kappa shape index (κ2) is 9.75. The third-order valence-electron chi connectivity index (χ3n) is 4.01. The third-order valence-corrected chi connectivity index (χ3v) is 5.44. The molecule has 10 heteroatoms. The van der Waals surface area contributed by atoms with Crippen molar-refractivity contribution >= 4 is 16.0 Å². The van der Waals surface area contributed by atoms with Crippen molar-refractivity contribution in [2.24, 2.45) is 4.99 Å². The Hall–Kier alpha value is -2.59. The molecule has 0 atom stereocenters. The smallest absolute Gasteiger partial charge is 0.357 e. The van der Waals surface area contributed by atoms with Gasteiger partial charge in [-0.05, 0) is 49.4 Å². The highest BCUT2D eigenvalue weighted by Crippen LogP contribution is 2.29. The molecule has 29 heavy (non-hydrogen) atoms. The lowest BCUT2D eigenvalue weighted by atomic mass is 10.1. The van der Waals surface area contributed by atoms with Crippen molar-refractivity contribution in [2.45, 2.75) is 31.1 Å². The van der Waals surface area contributed by atoms with E-state index >= 15 is 0 Å². The molecule has 0 fully saturated rings. The summed E-state index contributed by atoms with van der Waals surface area (Å²) in [4.78, 5) is 4.58. The average molecular weight is 428 g/mol. The second-order valence-corrected chi connectivity index (χ2v) is 7.98. The molecule has 0 radical (unpaired) electrons. The van der Waals surface area contributed by atoms with Crippen LogP contribution in [0, 0.1) is 0 Å². The monoisotopic (exact) mass is 428 g/mol. The zero-order valence-corrected chi connectivity index (χ0v) is 16.9. The Balaban J connectivity index is 2.01. The van der Waals surface area contributed by atoms with Crippen molar-refractivity contribution < 1.29 is 21.6 Å². The number of halogens is 3. The van der Waals surface area contributed by atoms with Crippen LogP contribution in [-0.2, 0) is 29.3 Å². The number of nitrogens with zero attached hydrogens (tertiary/aromatic N) is 1. The maximum Gasteiger partial charge on any atom is 0.416 e. The lowest BCUT2D eigenvalue weighted by molar-refractivity contribution is -0.137. The van der Waals surface area contributed by atoms with Gasteiger partial charge in [0.1, 0.15) is 0 Å². The van der Waals surface area contributed by atoms with Gasteiger partial charge in [-0.15, -0.1) is 0 Å². The van der Waals surface area contributed by atoms with E-state index in [0.717, 1.165) is 17.7 Å². The fourth-order valence-electron chi connectivity index (χ4n) is 2.40. The Morgan fingerprint density at radius 1 is 0.966 bits per heavy atom. The molecule has 0 aromatic heterocycles. The van der Waals surface area contributed by atoms with Crippen molar-refractivity contribution in [3.8, 4) is 0 Å². The summed E-state index contributed by atoms with van der Waals surface area (Å²) in [7, 11) is -2.14. The summed E-state index contributed by atoms with van der Waals surface area (Å²) in [6.45, 7) is 3.12. The van der Waals surface area contributed by atoms with Crippen molar-refractivity contribution in [3.63, 3.8) is 0 Å². The Morgan fingerprint density at radius 2 is 1.55 bits per heavy atom. The average Bonchev–Trinajstić information content (AvgIpc) is 2.70. The normalized spacial score (nSPS) is 12.7. The fourth-order valence-corrected chi connectivity index (χ4v) is 3.13. The fraction of sp³-hybridized carbons (Fsp3) is 0.316. The molecule has 158 valence electrons. The largest absolute Gasteiger partial charge is 0.416 e. The molecule has 3 N–H and O–H groups in total. The minimum absolute atomic E-state index is 0.167. The molecule has 0 aliphatic rings. The molecule has 0 spiro atoms. The minimum Gasteiger partial charge on any atom is -0.357 e. The number of benzene rings is 2. The van der Waals surface area contributed by atoms with Crippen molar-refractivity contribution in [3.05, 3.63) is 65.2 Å². The lowest BCUT2D eigenvalue weighted by Crippen LogP contribution is -2.36. The van der Waals surface area contributed by atoms with Gasteiger partial charge in [0.15, 0.2) is 5.96 Å². The Bertz CT molecular complexity index is 925. The number of sulfonamides is 1. The first-order valence-electron chi connectivity index (χ1n) is 8.86. The maximum absolute atomic E-state index is 12.6. The highest BCUT2D eigenvalue weighted by atomic mass is 32.2. The van der Waals surface area contributed by atoms with Gasteiger partial charge in [-0.3, -0.25) is 0 Å². The van der Waals surface area contributed by atoms with Crippen LogP contribution in [-0.4, -0.2) is 28.0 Å². The number of rotatable bonds is 7. The number of nitrogens with one attached hydrogen (secondary N) is 3. The van der Waals surface area contributed by atoms with Gasteiger partial charge in [-0.2, -0.15) is 13.2 Å². The molecule has 0 aliphatic carbocycles. The standard InChI is InChI=1S/C19H23F3N4O2S/c1-3-24-18(25-12-14-4-8-16(9-5-14)19(20,21)22)26-13-15-6-10-17(11-7-15)29(27,28)23-2/h4-11,23H,3,12-13H2,1-2H3,(H2,24,25,26). The van der Waals surface area contributed by atoms with Crippen molar-refractivity contribution in [1.29, 1.82) is 0 Å². The Morgan fingerprint density at radius 3 is 2.07 bits per heavy atom. The first-order chi connectivity index (χ1) is 13.7. The van der Waals surface area contributed by atoms with Gasteiger partial charge < -0.3 is 10.6 Å². The summed E-state index contributed by atoms with van der Waals surface area (Å²) >= 11 is 0. The summed E-state index contributed by atoms with van der Waals surface area (Å²) in [5, 5.41) is 6.12. The number of hydrogen-bond donors (Lipinski definition) is 3. The van der Waals surface area contributed by atoms with E-state index in [4.69, 9.17) is 0 Å². The minimum atomic E-state index is -4.36. The highest BCUT2D eigenvalue weighted by molar-refractivity contribution is 7.89. The summed E-state index contributed by atoms with van der Waals surface area (Å²) in [5.41, 5.74) is 0.808. The van der Waals surface area contributed by atoms with Gasteiger partial charge in [0.05, 0.1) is 17.0 Å². The topological polar surface area (TPSA) is 82.6 Å². The quantitative estimate of drug-likeness (QED) is 0.468. The highest BCUT2D eigenvalue weighted by Gasteiger charge is 2.29. The molecule has 0 bridgehead atoms. The van der Waals surface area contributed by atoms with Gasteiger partial charge in [0, 0.05) is 13.1 Å². The van der Waals surface area contributed by atoms with E-state index in [-0.39, 0.29) is 4.90 Å². The summed E-state index contributed by atoms with van der Waals surface area (Å²) < 4.78 is 63.6. The van der Waals surface area contributed by atoms with Crippen LogP contribution in [0.5, 0.6) is 0 Å². The lowest BCUT2D eigenvalue weighted by Gasteiger charge is -2.12. The molecular formula is C19H23F3N4O2S. The number of hydrogen-bond acceptors (Lipinski definition) is 3. The molecule has 0 saturated carbocycles. The summed E-state index contributed by atoms with van der Waals surface area (Å²) in [6, 6.07) is 11.3. The molecule has 0 amide bonds. The molecule has 0 heterocycles. The van der Waals surface area contributed by atoms with E-state index in [1.165, 1.54) is 31.3 Å². The van der Waals surface area contributed by atoms with Crippen LogP contribution in [0.15, 0.2) is 58.4 Å². The van der Waals surface area contributed by atoms with Gasteiger partial charge in [-0.1, -0.05) is 24.3 Å². The van der Waals surface area contributed by atoms with E-state index < -0.39 is 21.8 Å². The van der Waals surface area contributed by atoms with Gasteiger partial charge in [0.2, 0.25) is 10.0 Å². The van der Waals surface area contributed by atoms with E-state index in [1.54, 1.807) is 12.1 Å². The van der Waals surface area contributed by atoms with Gasteiger partial charge >= 0.3 is 6.18 Å². The molecule has 0 aliphatic heterocycles.